The predicted octanol–water partition coefficient (Wildman–Crippen LogP) is 3.01. The Morgan fingerprint density at radius 3 is 2.71 bits per heavy atom. The molecule has 0 bridgehead atoms. The minimum Gasteiger partial charge on any atom is -0.483 e. The van der Waals surface area contributed by atoms with Gasteiger partial charge in [0, 0.05) is 0 Å². The Bertz CT molecular complexity index is 417. The zero-order valence-electron chi connectivity index (χ0n) is 10.2. The van der Waals surface area contributed by atoms with E-state index in [1.165, 1.54) is 30.4 Å². The second-order valence-corrected chi connectivity index (χ2v) is 5.03. The second-order valence-electron chi connectivity index (χ2n) is 4.55. The molecule has 0 aromatic heterocycles. The van der Waals surface area contributed by atoms with E-state index in [-0.39, 0.29) is 6.10 Å². The number of ether oxygens (including phenoxy) is 1. The number of nitrogens with two attached hydrogens (primary N) is 1. The summed E-state index contributed by atoms with van der Waals surface area (Å²) in [7, 11) is 0. The highest BCUT2D eigenvalue weighted by Gasteiger charge is 2.14. The van der Waals surface area contributed by atoms with E-state index in [9.17, 15) is 0 Å². The van der Waals surface area contributed by atoms with Gasteiger partial charge in [-0.3, -0.25) is 0 Å². The van der Waals surface area contributed by atoms with Gasteiger partial charge in [-0.25, -0.2) is 0 Å². The summed E-state index contributed by atoms with van der Waals surface area (Å²) in [5.41, 5.74) is 8.53. The van der Waals surface area contributed by atoms with Gasteiger partial charge in [-0.05, 0) is 55.4 Å². The number of rotatable bonds is 4. The van der Waals surface area contributed by atoms with Crippen LogP contribution in [-0.4, -0.2) is 11.1 Å². The molecule has 1 atom stereocenters. The van der Waals surface area contributed by atoms with Crippen LogP contribution in [0, 0.1) is 0 Å². The normalized spacial score (nSPS) is 16.1. The maximum Gasteiger partial charge on any atom is 0.148 e. The Balaban J connectivity index is 2.14. The van der Waals surface area contributed by atoms with Crippen molar-refractivity contribution < 1.29 is 4.74 Å². The van der Waals surface area contributed by atoms with Crippen LogP contribution in [0.1, 0.15) is 37.3 Å². The van der Waals surface area contributed by atoms with E-state index in [0.29, 0.717) is 4.99 Å². The summed E-state index contributed by atoms with van der Waals surface area (Å²) < 4.78 is 5.82. The molecule has 1 unspecified atom stereocenters. The zero-order chi connectivity index (χ0) is 12.3. The van der Waals surface area contributed by atoms with Crippen LogP contribution in [0.4, 0.5) is 0 Å². The van der Waals surface area contributed by atoms with Crippen molar-refractivity contribution in [2.24, 2.45) is 5.73 Å². The maximum absolute atomic E-state index is 5.82. The van der Waals surface area contributed by atoms with Gasteiger partial charge in [-0.15, -0.1) is 0 Å². The molecule has 3 heteroatoms. The molecule has 92 valence electrons. The molecule has 0 amide bonds. The average molecular weight is 249 g/mol. The van der Waals surface area contributed by atoms with E-state index in [0.717, 1.165) is 18.6 Å². The molecule has 0 spiro atoms. The molecule has 1 aromatic carbocycles. The molecule has 2 nitrogen and oxygen atoms in total. The first kappa shape index (κ1) is 12.4. The summed E-state index contributed by atoms with van der Waals surface area (Å²) in [6.45, 7) is 2.03. The molecule has 0 saturated heterocycles. The van der Waals surface area contributed by atoms with E-state index in [2.05, 4.69) is 12.1 Å². The van der Waals surface area contributed by atoms with Gasteiger partial charge in [0.15, 0.2) is 0 Å². The highest BCUT2D eigenvalue weighted by atomic mass is 32.1. The van der Waals surface area contributed by atoms with Crippen LogP contribution in [0.5, 0.6) is 5.75 Å². The zero-order valence-corrected chi connectivity index (χ0v) is 11.1. The number of hydrogen-bond acceptors (Lipinski definition) is 2. The summed E-state index contributed by atoms with van der Waals surface area (Å²) in [6.07, 6.45) is 5.61. The molecule has 0 fully saturated rings. The second kappa shape index (κ2) is 5.50. The van der Waals surface area contributed by atoms with Gasteiger partial charge in [0.25, 0.3) is 0 Å². The van der Waals surface area contributed by atoms with Crippen LogP contribution in [0.2, 0.25) is 0 Å². The monoisotopic (exact) mass is 249 g/mol. The number of fused-ring (bicyclic) bond motifs is 1. The average Bonchev–Trinajstić information content (AvgIpc) is 2.35. The number of aryl methyl sites for hydroxylation is 2. The lowest BCUT2D eigenvalue weighted by molar-refractivity contribution is 0.263. The van der Waals surface area contributed by atoms with Crippen molar-refractivity contribution in [3.05, 3.63) is 29.3 Å². The highest BCUT2D eigenvalue weighted by Crippen LogP contribution is 2.26. The van der Waals surface area contributed by atoms with Crippen molar-refractivity contribution in [3.8, 4) is 5.75 Å². The summed E-state index contributed by atoms with van der Waals surface area (Å²) in [6, 6.07) is 6.36. The first-order chi connectivity index (χ1) is 8.20. The van der Waals surface area contributed by atoms with Gasteiger partial charge in [0.1, 0.15) is 16.8 Å². The van der Waals surface area contributed by atoms with E-state index >= 15 is 0 Å². The largest absolute Gasteiger partial charge is 0.483 e. The summed E-state index contributed by atoms with van der Waals surface area (Å²) >= 11 is 4.99. The molecule has 0 heterocycles. The highest BCUT2D eigenvalue weighted by molar-refractivity contribution is 7.80. The van der Waals surface area contributed by atoms with Crippen molar-refractivity contribution in [3.63, 3.8) is 0 Å². The van der Waals surface area contributed by atoms with Gasteiger partial charge in [0.2, 0.25) is 0 Å². The number of hydrogen-bond donors (Lipinski definition) is 1. The maximum atomic E-state index is 5.82. The fraction of sp³-hybridized carbons (Fsp3) is 0.500. The molecular formula is C14H19NOS. The Labute approximate surface area is 108 Å². The van der Waals surface area contributed by atoms with E-state index in [1.54, 1.807) is 0 Å². The Hall–Kier alpha value is -1.09. The topological polar surface area (TPSA) is 35.2 Å². The van der Waals surface area contributed by atoms with E-state index < -0.39 is 0 Å². The molecule has 1 aliphatic carbocycles. The third-order valence-corrected chi connectivity index (χ3v) is 3.55. The number of thiocarbonyl (C=S) groups is 1. The van der Waals surface area contributed by atoms with Gasteiger partial charge in [0.05, 0.1) is 0 Å². The minimum atomic E-state index is -0.147. The fourth-order valence-electron chi connectivity index (χ4n) is 2.29. The smallest absolute Gasteiger partial charge is 0.148 e. The molecule has 1 aromatic rings. The van der Waals surface area contributed by atoms with Crippen LogP contribution in [0.25, 0.3) is 0 Å². The third kappa shape index (κ3) is 2.97. The van der Waals surface area contributed by atoms with Crippen LogP contribution < -0.4 is 10.5 Å². The molecule has 1 aliphatic rings. The van der Waals surface area contributed by atoms with Gasteiger partial charge >= 0.3 is 0 Å². The van der Waals surface area contributed by atoms with E-state index in [1.807, 2.05) is 13.0 Å². The lowest BCUT2D eigenvalue weighted by Gasteiger charge is -2.20. The fourth-order valence-corrected chi connectivity index (χ4v) is 2.50. The summed E-state index contributed by atoms with van der Waals surface area (Å²) in [5, 5.41) is 0. The molecule has 2 rings (SSSR count). The Kier molecular flexibility index (Phi) is 4.00. The Morgan fingerprint density at radius 1 is 1.35 bits per heavy atom. The van der Waals surface area contributed by atoms with Crippen LogP contribution in [0.15, 0.2) is 18.2 Å². The molecular weight excluding hydrogens is 230 g/mol. The van der Waals surface area contributed by atoms with Gasteiger partial charge in [-0.1, -0.05) is 25.2 Å². The predicted molar refractivity (Wildman–Crippen MR) is 74.6 cm³/mol. The summed E-state index contributed by atoms with van der Waals surface area (Å²) in [4.78, 5) is 0.435. The van der Waals surface area contributed by atoms with Crippen molar-refractivity contribution in [1.29, 1.82) is 0 Å². The molecule has 0 saturated carbocycles. The van der Waals surface area contributed by atoms with Crippen molar-refractivity contribution in [2.45, 2.75) is 45.1 Å². The van der Waals surface area contributed by atoms with Gasteiger partial charge < -0.3 is 10.5 Å². The lowest BCUT2D eigenvalue weighted by atomic mass is 9.92. The summed E-state index contributed by atoms with van der Waals surface area (Å²) in [5.74, 6) is 0.894. The first-order valence-corrected chi connectivity index (χ1v) is 6.69. The lowest BCUT2D eigenvalue weighted by Crippen LogP contribution is -2.31. The molecule has 2 N–H and O–H groups in total. The van der Waals surface area contributed by atoms with Crippen molar-refractivity contribution in [2.75, 3.05) is 0 Å². The van der Waals surface area contributed by atoms with Crippen LogP contribution in [-0.2, 0) is 12.8 Å². The first-order valence-electron chi connectivity index (χ1n) is 6.28. The quantitative estimate of drug-likeness (QED) is 0.833. The van der Waals surface area contributed by atoms with Crippen molar-refractivity contribution >= 4 is 17.2 Å². The van der Waals surface area contributed by atoms with Crippen molar-refractivity contribution in [1.82, 2.24) is 0 Å². The van der Waals surface area contributed by atoms with Crippen LogP contribution in [0.3, 0.4) is 0 Å². The number of benzene rings is 1. The standard InChI is InChI=1S/C14H19NOS/c1-2-13(14(15)17)16-12-8-7-10-5-3-4-6-11(10)9-12/h7-9,13H,2-6H2,1H3,(H2,15,17). The van der Waals surface area contributed by atoms with E-state index in [4.69, 9.17) is 22.7 Å². The SMILES string of the molecule is CCC(Oc1ccc2c(c1)CCCC2)C(N)=S. The molecule has 17 heavy (non-hydrogen) atoms. The third-order valence-electron chi connectivity index (χ3n) is 3.29. The Morgan fingerprint density at radius 2 is 2.06 bits per heavy atom. The van der Waals surface area contributed by atoms with Crippen LogP contribution >= 0.6 is 12.2 Å². The van der Waals surface area contributed by atoms with Gasteiger partial charge in [-0.2, -0.15) is 0 Å². The molecule has 0 radical (unpaired) electrons. The molecule has 0 aliphatic heterocycles. The minimum absolute atomic E-state index is 0.147.